The number of likely N-dealkylation sites (N-methyl/N-ethyl adjacent to an activating group) is 1. The van der Waals surface area contributed by atoms with Crippen LogP contribution < -0.4 is 5.32 Å². The molecule has 0 spiro atoms. The minimum Gasteiger partial charge on any atom is -0.319 e. The fourth-order valence-electron chi connectivity index (χ4n) is 1.87. The Morgan fingerprint density at radius 2 is 2.11 bits per heavy atom. The molecule has 2 aromatic rings. The van der Waals surface area contributed by atoms with Gasteiger partial charge in [-0.1, -0.05) is 0 Å². The molecule has 18 heavy (non-hydrogen) atoms. The van der Waals surface area contributed by atoms with E-state index in [9.17, 15) is 8.78 Å². The Morgan fingerprint density at radius 1 is 1.33 bits per heavy atom. The fraction of sp³-hybridized carbons (Fsp3) is 0.308. The molecule has 2 N–H and O–H groups in total. The van der Waals surface area contributed by atoms with Crippen molar-refractivity contribution in [3.8, 4) is 11.3 Å². The SMILES string of the molecule is CNCCc1[nH]nc(-c2ccc(F)cc2F)c1C. The molecule has 0 aliphatic rings. The number of nitrogens with one attached hydrogen (secondary N) is 2. The third-order valence-corrected chi connectivity index (χ3v) is 2.92. The van der Waals surface area contributed by atoms with E-state index in [0.717, 1.165) is 30.3 Å². The van der Waals surface area contributed by atoms with Crippen LogP contribution in [0.1, 0.15) is 11.3 Å². The highest BCUT2D eigenvalue weighted by atomic mass is 19.1. The summed E-state index contributed by atoms with van der Waals surface area (Å²) in [7, 11) is 1.87. The summed E-state index contributed by atoms with van der Waals surface area (Å²) in [5.74, 6) is -1.18. The first kappa shape index (κ1) is 12.7. The minimum absolute atomic E-state index is 0.320. The third-order valence-electron chi connectivity index (χ3n) is 2.92. The van der Waals surface area contributed by atoms with Crippen LogP contribution in [0.2, 0.25) is 0 Å². The zero-order chi connectivity index (χ0) is 13.1. The lowest BCUT2D eigenvalue weighted by Crippen LogP contribution is -2.11. The average Bonchev–Trinajstić information content (AvgIpc) is 2.68. The summed E-state index contributed by atoms with van der Waals surface area (Å²) in [6, 6.07) is 3.52. The molecule has 0 fully saturated rings. The van der Waals surface area contributed by atoms with Gasteiger partial charge in [-0.05, 0) is 31.7 Å². The smallest absolute Gasteiger partial charge is 0.135 e. The first-order chi connectivity index (χ1) is 8.63. The van der Waals surface area contributed by atoms with Crippen LogP contribution >= 0.6 is 0 Å². The van der Waals surface area contributed by atoms with Crippen molar-refractivity contribution in [3.63, 3.8) is 0 Å². The molecule has 0 atom stereocenters. The molecule has 0 unspecified atom stereocenters. The van der Waals surface area contributed by atoms with Gasteiger partial charge in [0.25, 0.3) is 0 Å². The molecule has 0 bridgehead atoms. The lowest BCUT2D eigenvalue weighted by Gasteiger charge is -2.02. The van der Waals surface area contributed by atoms with Crippen molar-refractivity contribution in [2.24, 2.45) is 0 Å². The van der Waals surface area contributed by atoms with Gasteiger partial charge >= 0.3 is 0 Å². The van der Waals surface area contributed by atoms with E-state index in [4.69, 9.17) is 0 Å². The summed E-state index contributed by atoms with van der Waals surface area (Å²) >= 11 is 0. The van der Waals surface area contributed by atoms with Gasteiger partial charge < -0.3 is 5.32 Å². The Labute approximate surface area is 104 Å². The highest BCUT2D eigenvalue weighted by molar-refractivity contribution is 5.64. The molecule has 1 aromatic heterocycles. The molecular weight excluding hydrogens is 236 g/mol. The van der Waals surface area contributed by atoms with Gasteiger partial charge in [-0.15, -0.1) is 0 Å². The Kier molecular flexibility index (Phi) is 3.72. The van der Waals surface area contributed by atoms with Gasteiger partial charge in [0.1, 0.15) is 11.6 Å². The number of benzene rings is 1. The van der Waals surface area contributed by atoms with E-state index < -0.39 is 11.6 Å². The molecule has 5 heteroatoms. The van der Waals surface area contributed by atoms with Gasteiger partial charge in [-0.3, -0.25) is 5.10 Å². The van der Waals surface area contributed by atoms with E-state index in [0.29, 0.717) is 11.3 Å². The molecule has 96 valence electrons. The van der Waals surface area contributed by atoms with Crippen molar-refractivity contribution in [1.82, 2.24) is 15.5 Å². The lowest BCUT2D eigenvalue weighted by molar-refractivity contribution is 0.585. The molecular formula is C13H15F2N3. The minimum atomic E-state index is -0.593. The molecule has 0 radical (unpaired) electrons. The van der Waals surface area contributed by atoms with Crippen molar-refractivity contribution in [1.29, 1.82) is 0 Å². The highest BCUT2D eigenvalue weighted by Gasteiger charge is 2.14. The average molecular weight is 251 g/mol. The van der Waals surface area contributed by atoms with E-state index in [1.807, 2.05) is 14.0 Å². The predicted octanol–water partition coefficient (Wildman–Crippen LogP) is 2.43. The standard InChI is InChI=1S/C13H15F2N3/c1-8-12(5-6-16-2)17-18-13(8)10-4-3-9(14)7-11(10)15/h3-4,7,16H,5-6H2,1-2H3,(H,17,18). The van der Waals surface area contributed by atoms with Gasteiger partial charge in [-0.2, -0.15) is 5.10 Å². The van der Waals surface area contributed by atoms with E-state index in [2.05, 4.69) is 15.5 Å². The molecule has 0 aliphatic carbocycles. The van der Waals surface area contributed by atoms with E-state index in [1.54, 1.807) is 0 Å². The molecule has 0 saturated heterocycles. The number of H-pyrrole nitrogens is 1. The largest absolute Gasteiger partial charge is 0.319 e. The second kappa shape index (κ2) is 5.27. The quantitative estimate of drug-likeness (QED) is 0.876. The maximum absolute atomic E-state index is 13.7. The summed E-state index contributed by atoms with van der Waals surface area (Å²) in [5, 5.41) is 10.1. The first-order valence-electron chi connectivity index (χ1n) is 5.77. The van der Waals surface area contributed by atoms with E-state index in [-0.39, 0.29) is 0 Å². The van der Waals surface area contributed by atoms with Gasteiger partial charge in [-0.25, -0.2) is 8.78 Å². The van der Waals surface area contributed by atoms with Crippen LogP contribution in [0.4, 0.5) is 8.78 Å². The molecule has 3 nitrogen and oxygen atoms in total. The van der Waals surface area contributed by atoms with E-state index in [1.165, 1.54) is 12.1 Å². The summed E-state index contributed by atoms with van der Waals surface area (Å²) in [6.45, 7) is 2.70. The highest BCUT2D eigenvalue weighted by Crippen LogP contribution is 2.26. The molecule has 0 saturated carbocycles. The topological polar surface area (TPSA) is 40.7 Å². The molecule has 0 aliphatic heterocycles. The first-order valence-corrected chi connectivity index (χ1v) is 5.77. The second-order valence-corrected chi connectivity index (χ2v) is 4.15. The molecule has 0 amide bonds. The van der Waals surface area contributed by atoms with Gasteiger partial charge in [0.05, 0.1) is 5.69 Å². The zero-order valence-corrected chi connectivity index (χ0v) is 10.3. The second-order valence-electron chi connectivity index (χ2n) is 4.15. The van der Waals surface area contributed by atoms with Crippen molar-refractivity contribution in [2.45, 2.75) is 13.3 Å². The van der Waals surface area contributed by atoms with Gasteiger partial charge in [0.15, 0.2) is 0 Å². The normalized spacial score (nSPS) is 10.9. The third kappa shape index (κ3) is 2.41. The number of aromatic nitrogens is 2. The Morgan fingerprint density at radius 3 is 2.78 bits per heavy atom. The van der Waals surface area contributed by atoms with Crippen molar-refractivity contribution in [2.75, 3.05) is 13.6 Å². The van der Waals surface area contributed by atoms with Crippen LogP contribution in [0.3, 0.4) is 0 Å². The molecule has 2 rings (SSSR count). The number of nitrogens with zero attached hydrogens (tertiary/aromatic N) is 1. The summed E-state index contributed by atoms with van der Waals surface area (Å²) < 4.78 is 26.5. The molecule has 1 heterocycles. The Bertz CT molecular complexity index is 549. The number of rotatable bonds is 4. The van der Waals surface area contributed by atoms with Crippen LogP contribution in [0, 0.1) is 18.6 Å². The number of aromatic amines is 1. The van der Waals surface area contributed by atoms with Gasteiger partial charge in [0.2, 0.25) is 0 Å². The number of halogens is 2. The summed E-state index contributed by atoms with van der Waals surface area (Å²) in [4.78, 5) is 0. The van der Waals surface area contributed by atoms with Crippen LogP contribution in [0.25, 0.3) is 11.3 Å². The maximum atomic E-state index is 13.7. The molecule has 1 aromatic carbocycles. The van der Waals surface area contributed by atoms with Crippen LogP contribution in [-0.4, -0.2) is 23.8 Å². The van der Waals surface area contributed by atoms with E-state index >= 15 is 0 Å². The Balaban J connectivity index is 2.36. The van der Waals surface area contributed by atoms with Crippen molar-refractivity contribution < 1.29 is 8.78 Å². The fourth-order valence-corrected chi connectivity index (χ4v) is 1.87. The summed E-state index contributed by atoms with van der Waals surface area (Å²) in [6.07, 6.45) is 0.790. The zero-order valence-electron chi connectivity index (χ0n) is 10.3. The van der Waals surface area contributed by atoms with Crippen LogP contribution in [-0.2, 0) is 6.42 Å². The lowest BCUT2D eigenvalue weighted by atomic mass is 10.1. The van der Waals surface area contributed by atoms with Crippen LogP contribution in [0.15, 0.2) is 18.2 Å². The predicted molar refractivity (Wildman–Crippen MR) is 66.3 cm³/mol. The number of hydrogen-bond donors (Lipinski definition) is 2. The Hall–Kier alpha value is -1.75. The number of hydrogen-bond acceptors (Lipinski definition) is 2. The van der Waals surface area contributed by atoms with Crippen molar-refractivity contribution in [3.05, 3.63) is 41.1 Å². The maximum Gasteiger partial charge on any atom is 0.135 e. The van der Waals surface area contributed by atoms with Crippen LogP contribution in [0.5, 0.6) is 0 Å². The van der Waals surface area contributed by atoms with Gasteiger partial charge in [0, 0.05) is 30.3 Å². The van der Waals surface area contributed by atoms with Crippen molar-refractivity contribution >= 4 is 0 Å². The summed E-state index contributed by atoms with van der Waals surface area (Å²) in [5.41, 5.74) is 2.72. The monoisotopic (exact) mass is 251 g/mol.